The Kier molecular flexibility index (Phi) is 4.02. The first-order valence-electron chi connectivity index (χ1n) is 5.59. The number of hydrogen-bond donors (Lipinski definition) is 1. The first kappa shape index (κ1) is 12.4. The maximum atomic E-state index is 11.0. The second kappa shape index (κ2) is 5.51. The smallest absolute Gasteiger partial charge is 0.354 e. The molecule has 1 aromatic heterocycles. The van der Waals surface area contributed by atoms with E-state index in [1.807, 2.05) is 6.07 Å². The number of thioether (sulfide) groups is 1. The highest BCUT2D eigenvalue weighted by molar-refractivity contribution is 7.99. The molecule has 0 spiro atoms. The minimum absolute atomic E-state index is 0.159. The highest BCUT2D eigenvalue weighted by Gasteiger charge is 2.25. The molecule has 2 unspecified atom stereocenters. The van der Waals surface area contributed by atoms with Gasteiger partial charge in [0.05, 0.1) is 6.10 Å². The molecule has 0 aliphatic carbocycles. The lowest BCUT2D eigenvalue weighted by atomic mass is 10.2. The molecule has 2 atom stereocenters. The number of carbonyl (C=O) groups is 1. The van der Waals surface area contributed by atoms with Crippen molar-refractivity contribution >= 4 is 17.7 Å². The van der Waals surface area contributed by atoms with Crippen molar-refractivity contribution in [2.45, 2.75) is 30.5 Å². The first-order chi connectivity index (χ1) is 8.18. The van der Waals surface area contributed by atoms with E-state index in [1.54, 1.807) is 17.8 Å². The van der Waals surface area contributed by atoms with Crippen molar-refractivity contribution in [3.8, 4) is 0 Å². The monoisotopic (exact) mass is 253 g/mol. The zero-order valence-corrected chi connectivity index (χ0v) is 10.4. The third kappa shape index (κ3) is 2.98. The molecule has 2 heterocycles. The molecule has 0 amide bonds. The van der Waals surface area contributed by atoms with Gasteiger partial charge in [0.15, 0.2) is 5.69 Å². The Balaban J connectivity index is 2.01. The normalized spacial score (nSPS) is 23.8. The molecule has 1 aromatic rings. The number of aromatic nitrogens is 1. The Morgan fingerprint density at radius 2 is 2.53 bits per heavy atom. The van der Waals surface area contributed by atoms with Crippen LogP contribution in [0, 0.1) is 0 Å². The van der Waals surface area contributed by atoms with Crippen LogP contribution in [0.15, 0.2) is 18.3 Å². The van der Waals surface area contributed by atoms with Crippen molar-refractivity contribution in [3.63, 3.8) is 0 Å². The predicted molar refractivity (Wildman–Crippen MR) is 66.3 cm³/mol. The van der Waals surface area contributed by atoms with Gasteiger partial charge in [-0.2, -0.15) is 11.8 Å². The van der Waals surface area contributed by atoms with Crippen LogP contribution < -0.4 is 0 Å². The van der Waals surface area contributed by atoms with Crippen LogP contribution in [0.2, 0.25) is 0 Å². The number of pyridine rings is 1. The summed E-state index contributed by atoms with van der Waals surface area (Å²) in [5.74, 6) is -0.287. The standard InChI is InChI=1S/C12H15NO3S/c1-8-10(4-6-16-8)17-7-9-3-2-5-13-11(9)12(14)15/h2-3,5,8,10H,4,6-7H2,1H3,(H,14,15). The number of ether oxygens (including phenoxy) is 1. The van der Waals surface area contributed by atoms with Crippen LogP contribution in [0.1, 0.15) is 29.4 Å². The van der Waals surface area contributed by atoms with Gasteiger partial charge < -0.3 is 9.84 Å². The van der Waals surface area contributed by atoms with Crippen molar-refractivity contribution in [1.82, 2.24) is 4.98 Å². The van der Waals surface area contributed by atoms with Gasteiger partial charge in [-0.3, -0.25) is 0 Å². The fourth-order valence-electron chi connectivity index (χ4n) is 1.88. The topological polar surface area (TPSA) is 59.4 Å². The van der Waals surface area contributed by atoms with E-state index >= 15 is 0 Å². The number of rotatable bonds is 4. The van der Waals surface area contributed by atoms with Gasteiger partial charge in [-0.05, 0) is 25.0 Å². The van der Waals surface area contributed by atoms with Crippen molar-refractivity contribution < 1.29 is 14.6 Å². The number of carboxylic acid groups (broad SMARTS) is 1. The SMILES string of the molecule is CC1OCCC1SCc1cccnc1C(=O)O. The van der Waals surface area contributed by atoms with E-state index in [2.05, 4.69) is 11.9 Å². The molecule has 17 heavy (non-hydrogen) atoms. The summed E-state index contributed by atoms with van der Waals surface area (Å²) in [6.45, 7) is 2.86. The van der Waals surface area contributed by atoms with Crippen molar-refractivity contribution in [2.75, 3.05) is 6.61 Å². The Bertz CT molecular complexity index is 410. The van der Waals surface area contributed by atoms with Crippen LogP contribution in [0.25, 0.3) is 0 Å². The lowest BCUT2D eigenvalue weighted by molar-refractivity contribution is 0.0689. The van der Waals surface area contributed by atoms with Gasteiger partial charge in [0, 0.05) is 23.8 Å². The van der Waals surface area contributed by atoms with Gasteiger partial charge in [0.2, 0.25) is 0 Å². The molecule has 1 N–H and O–H groups in total. The average molecular weight is 253 g/mol. The molecule has 1 aliphatic rings. The van der Waals surface area contributed by atoms with Gasteiger partial charge in [-0.1, -0.05) is 6.07 Å². The summed E-state index contributed by atoms with van der Waals surface area (Å²) in [6.07, 6.45) is 2.80. The van der Waals surface area contributed by atoms with Crippen molar-refractivity contribution in [2.24, 2.45) is 0 Å². The summed E-state index contributed by atoms with van der Waals surface area (Å²) >= 11 is 1.75. The summed E-state index contributed by atoms with van der Waals surface area (Å²) in [5, 5.41) is 9.47. The molecule has 1 fully saturated rings. The van der Waals surface area contributed by atoms with Crippen LogP contribution in [-0.4, -0.2) is 34.0 Å². The van der Waals surface area contributed by atoms with E-state index in [4.69, 9.17) is 9.84 Å². The fraction of sp³-hybridized carbons (Fsp3) is 0.500. The Morgan fingerprint density at radius 3 is 3.18 bits per heavy atom. The molecular weight excluding hydrogens is 238 g/mol. The van der Waals surface area contributed by atoms with Crippen LogP contribution >= 0.6 is 11.8 Å². The third-order valence-electron chi connectivity index (χ3n) is 2.85. The molecular formula is C12H15NO3S. The summed E-state index contributed by atoms with van der Waals surface area (Å²) in [4.78, 5) is 14.9. The van der Waals surface area contributed by atoms with E-state index in [-0.39, 0.29) is 11.8 Å². The Labute approximate surface area is 104 Å². The lowest BCUT2D eigenvalue weighted by Gasteiger charge is -2.13. The second-order valence-electron chi connectivity index (χ2n) is 4.03. The molecule has 0 bridgehead atoms. The molecule has 0 aromatic carbocycles. The van der Waals surface area contributed by atoms with E-state index in [1.165, 1.54) is 6.20 Å². The second-order valence-corrected chi connectivity index (χ2v) is 5.26. The maximum absolute atomic E-state index is 11.0. The zero-order valence-electron chi connectivity index (χ0n) is 9.63. The number of nitrogens with zero attached hydrogens (tertiary/aromatic N) is 1. The highest BCUT2D eigenvalue weighted by Crippen LogP contribution is 2.29. The molecule has 1 aliphatic heterocycles. The molecule has 5 heteroatoms. The fourth-order valence-corrected chi connectivity index (χ4v) is 3.11. The van der Waals surface area contributed by atoms with E-state index in [9.17, 15) is 4.79 Å². The number of aromatic carboxylic acids is 1. The van der Waals surface area contributed by atoms with Gasteiger partial charge in [0.1, 0.15) is 0 Å². The zero-order chi connectivity index (χ0) is 12.3. The first-order valence-corrected chi connectivity index (χ1v) is 6.63. The molecule has 0 saturated carbocycles. The molecule has 92 valence electrons. The molecule has 2 rings (SSSR count). The predicted octanol–water partition coefficient (Wildman–Crippen LogP) is 2.19. The average Bonchev–Trinajstić information content (AvgIpc) is 2.72. The summed E-state index contributed by atoms with van der Waals surface area (Å²) < 4.78 is 5.48. The van der Waals surface area contributed by atoms with Crippen LogP contribution in [0.4, 0.5) is 0 Å². The van der Waals surface area contributed by atoms with Crippen LogP contribution in [-0.2, 0) is 10.5 Å². The quantitative estimate of drug-likeness (QED) is 0.891. The summed E-state index contributed by atoms with van der Waals surface area (Å²) in [7, 11) is 0. The van der Waals surface area contributed by atoms with Gasteiger partial charge in [-0.15, -0.1) is 0 Å². The van der Waals surface area contributed by atoms with E-state index in [0.717, 1.165) is 18.6 Å². The number of hydrogen-bond acceptors (Lipinski definition) is 4. The molecule has 0 radical (unpaired) electrons. The minimum Gasteiger partial charge on any atom is -0.477 e. The molecule has 4 nitrogen and oxygen atoms in total. The minimum atomic E-state index is -0.961. The van der Waals surface area contributed by atoms with Crippen molar-refractivity contribution in [3.05, 3.63) is 29.6 Å². The summed E-state index contributed by atoms with van der Waals surface area (Å²) in [6, 6.07) is 3.60. The lowest BCUT2D eigenvalue weighted by Crippen LogP contribution is -2.14. The molecule has 1 saturated heterocycles. The summed E-state index contributed by atoms with van der Waals surface area (Å²) in [5.41, 5.74) is 0.940. The van der Waals surface area contributed by atoms with E-state index < -0.39 is 5.97 Å². The van der Waals surface area contributed by atoms with Crippen molar-refractivity contribution in [1.29, 1.82) is 0 Å². The van der Waals surface area contributed by atoms with Gasteiger partial charge in [0.25, 0.3) is 0 Å². The van der Waals surface area contributed by atoms with Crippen LogP contribution in [0.5, 0.6) is 0 Å². The Hall–Kier alpha value is -1.07. The Morgan fingerprint density at radius 1 is 1.71 bits per heavy atom. The largest absolute Gasteiger partial charge is 0.477 e. The highest BCUT2D eigenvalue weighted by atomic mass is 32.2. The van der Waals surface area contributed by atoms with Gasteiger partial charge in [-0.25, -0.2) is 9.78 Å². The maximum Gasteiger partial charge on any atom is 0.354 e. The van der Waals surface area contributed by atoms with E-state index in [0.29, 0.717) is 11.0 Å². The van der Waals surface area contributed by atoms with Crippen LogP contribution in [0.3, 0.4) is 0 Å². The third-order valence-corrected chi connectivity index (χ3v) is 4.38. The number of carboxylic acids is 1. The van der Waals surface area contributed by atoms with Gasteiger partial charge >= 0.3 is 5.97 Å².